The van der Waals surface area contributed by atoms with Gasteiger partial charge in [0.15, 0.2) is 5.78 Å². The Morgan fingerprint density at radius 3 is 1.74 bits per heavy atom. The fourth-order valence-electron chi connectivity index (χ4n) is 6.37. The predicted octanol–water partition coefficient (Wildman–Crippen LogP) is 10.7. The molecule has 0 N–H and O–H groups in total. The first-order valence-corrected chi connectivity index (χ1v) is 14.5. The summed E-state index contributed by atoms with van der Waals surface area (Å²) in [6.07, 6.45) is 0. The minimum Gasteiger partial charge on any atom is -0.501 e. The fraction of sp³-hybridized carbons (Fsp3) is 0.0750. The topological polar surface area (TPSA) is 29.5 Å². The van der Waals surface area contributed by atoms with Crippen LogP contribution in [0.3, 0.4) is 0 Å². The second-order valence-corrected chi connectivity index (χ2v) is 10.9. The summed E-state index contributed by atoms with van der Waals surface area (Å²) in [5.74, 6) is 0.613. The molecule has 7 aromatic rings. The summed E-state index contributed by atoms with van der Waals surface area (Å²) >= 11 is 0. The van der Waals surface area contributed by atoms with Crippen LogP contribution in [0.15, 0.2) is 139 Å². The number of hydrogen-bond acceptors (Lipinski definition) is 3. The SMILES string of the molecule is CO/C(C)=C(\C(C)=O)c1ccc2ccc3c(N(c4ccccc4)c4ccc(-c5ccccc5)cc4)ccc4ccc1c2c43. The van der Waals surface area contributed by atoms with Crippen molar-refractivity contribution < 1.29 is 9.53 Å². The predicted molar refractivity (Wildman–Crippen MR) is 181 cm³/mol. The van der Waals surface area contributed by atoms with Gasteiger partial charge >= 0.3 is 0 Å². The number of allylic oxidation sites excluding steroid dienone is 2. The number of carbonyl (C=O) groups excluding carboxylic acids is 1. The van der Waals surface area contributed by atoms with E-state index in [1.165, 1.54) is 21.9 Å². The first-order valence-electron chi connectivity index (χ1n) is 14.5. The number of benzene rings is 7. The van der Waals surface area contributed by atoms with Gasteiger partial charge in [0, 0.05) is 16.8 Å². The van der Waals surface area contributed by atoms with E-state index in [2.05, 4.69) is 120 Å². The van der Waals surface area contributed by atoms with E-state index in [9.17, 15) is 4.79 Å². The molecule has 0 bridgehead atoms. The van der Waals surface area contributed by atoms with Crippen molar-refractivity contribution in [1.82, 2.24) is 0 Å². The zero-order chi connectivity index (χ0) is 29.5. The first-order chi connectivity index (χ1) is 21.0. The zero-order valence-electron chi connectivity index (χ0n) is 24.5. The number of Topliss-reactive ketones (excluding diaryl/α,β-unsaturated/α-hetero) is 1. The maximum atomic E-state index is 12.8. The third-order valence-electron chi connectivity index (χ3n) is 8.41. The number of para-hydroxylation sites is 1. The van der Waals surface area contributed by atoms with Gasteiger partial charge in [-0.3, -0.25) is 4.79 Å². The number of anilines is 3. The molecule has 0 aliphatic heterocycles. The second-order valence-electron chi connectivity index (χ2n) is 10.9. The monoisotopic (exact) mass is 557 g/mol. The van der Waals surface area contributed by atoms with Crippen molar-refractivity contribution in [2.45, 2.75) is 13.8 Å². The highest BCUT2D eigenvalue weighted by atomic mass is 16.5. The van der Waals surface area contributed by atoms with Gasteiger partial charge in [-0.25, -0.2) is 0 Å². The molecule has 3 nitrogen and oxygen atoms in total. The first kappa shape index (κ1) is 26.5. The molecular weight excluding hydrogens is 526 g/mol. The van der Waals surface area contributed by atoms with E-state index < -0.39 is 0 Å². The van der Waals surface area contributed by atoms with Gasteiger partial charge in [-0.05, 0) is 87.8 Å². The van der Waals surface area contributed by atoms with Crippen LogP contribution in [-0.4, -0.2) is 12.9 Å². The van der Waals surface area contributed by atoms with Crippen molar-refractivity contribution in [2.24, 2.45) is 0 Å². The number of hydrogen-bond donors (Lipinski definition) is 0. The summed E-state index contributed by atoms with van der Waals surface area (Å²) in [6.45, 7) is 3.46. The molecule has 0 unspecified atom stereocenters. The Balaban J connectivity index is 1.48. The average molecular weight is 558 g/mol. The van der Waals surface area contributed by atoms with Gasteiger partial charge < -0.3 is 9.64 Å². The highest BCUT2D eigenvalue weighted by Crippen LogP contribution is 2.45. The Morgan fingerprint density at radius 1 is 0.558 bits per heavy atom. The molecule has 7 aromatic carbocycles. The van der Waals surface area contributed by atoms with Gasteiger partial charge in [0.1, 0.15) is 5.76 Å². The van der Waals surface area contributed by atoms with E-state index in [-0.39, 0.29) is 5.78 Å². The van der Waals surface area contributed by atoms with Crippen LogP contribution in [0.4, 0.5) is 17.1 Å². The van der Waals surface area contributed by atoms with Crippen LogP contribution in [0.25, 0.3) is 49.0 Å². The third-order valence-corrected chi connectivity index (χ3v) is 8.41. The maximum Gasteiger partial charge on any atom is 0.163 e. The number of methoxy groups -OCH3 is 1. The molecule has 43 heavy (non-hydrogen) atoms. The van der Waals surface area contributed by atoms with Crippen molar-refractivity contribution in [2.75, 3.05) is 12.0 Å². The highest BCUT2D eigenvalue weighted by molar-refractivity contribution is 6.30. The smallest absolute Gasteiger partial charge is 0.163 e. The number of rotatable bonds is 7. The Labute approximate surface area is 251 Å². The van der Waals surface area contributed by atoms with Gasteiger partial charge in [0.2, 0.25) is 0 Å². The molecular formula is C40H31NO2. The lowest BCUT2D eigenvalue weighted by Crippen LogP contribution is -2.10. The normalized spacial score (nSPS) is 12.1. The molecule has 208 valence electrons. The quantitative estimate of drug-likeness (QED) is 0.111. The summed E-state index contributed by atoms with van der Waals surface area (Å²) < 4.78 is 5.56. The highest BCUT2D eigenvalue weighted by Gasteiger charge is 2.21. The summed E-state index contributed by atoms with van der Waals surface area (Å²) in [5.41, 5.74) is 7.16. The van der Waals surface area contributed by atoms with Crippen LogP contribution >= 0.6 is 0 Å². The van der Waals surface area contributed by atoms with Crippen molar-refractivity contribution in [3.8, 4) is 11.1 Å². The van der Waals surface area contributed by atoms with E-state index in [1.54, 1.807) is 14.0 Å². The number of carbonyl (C=O) groups is 1. The van der Waals surface area contributed by atoms with Gasteiger partial charge in [-0.2, -0.15) is 0 Å². The maximum absolute atomic E-state index is 12.8. The van der Waals surface area contributed by atoms with Crippen molar-refractivity contribution in [3.63, 3.8) is 0 Å². The van der Waals surface area contributed by atoms with Crippen LogP contribution < -0.4 is 4.90 Å². The van der Waals surface area contributed by atoms with Crippen LogP contribution in [0.5, 0.6) is 0 Å². The van der Waals surface area contributed by atoms with Crippen molar-refractivity contribution >= 4 is 60.7 Å². The van der Waals surface area contributed by atoms with E-state index in [1.807, 2.05) is 25.1 Å². The van der Waals surface area contributed by atoms with Crippen LogP contribution in [-0.2, 0) is 9.53 Å². The van der Waals surface area contributed by atoms with Crippen LogP contribution in [0.1, 0.15) is 19.4 Å². The zero-order valence-corrected chi connectivity index (χ0v) is 24.5. The minimum absolute atomic E-state index is 0.00993. The summed E-state index contributed by atoms with van der Waals surface area (Å²) in [4.78, 5) is 15.2. The van der Waals surface area contributed by atoms with Crippen molar-refractivity contribution in [1.29, 1.82) is 0 Å². The summed E-state index contributed by atoms with van der Waals surface area (Å²) in [6, 6.07) is 47.1. The molecule has 0 heterocycles. The average Bonchev–Trinajstić information content (AvgIpc) is 3.06. The molecule has 0 fully saturated rings. The Bertz CT molecular complexity index is 2130. The molecule has 0 radical (unpaired) electrons. The Hall–Kier alpha value is -5.41. The van der Waals surface area contributed by atoms with Gasteiger partial charge in [-0.15, -0.1) is 0 Å². The Kier molecular flexibility index (Phi) is 6.64. The molecule has 7 rings (SSSR count). The molecule has 0 aliphatic rings. The van der Waals surface area contributed by atoms with E-state index in [0.717, 1.165) is 44.2 Å². The molecule has 0 aromatic heterocycles. The van der Waals surface area contributed by atoms with Crippen LogP contribution in [0.2, 0.25) is 0 Å². The second kappa shape index (κ2) is 10.8. The van der Waals surface area contributed by atoms with Gasteiger partial charge in [0.05, 0.1) is 18.4 Å². The van der Waals surface area contributed by atoms with Crippen molar-refractivity contribution in [3.05, 3.63) is 145 Å². The van der Waals surface area contributed by atoms with E-state index in [0.29, 0.717) is 11.3 Å². The molecule has 0 atom stereocenters. The van der Waals surface area contributed by atoms with Gasteiger partial charge in [0.25, 0.3) is 0 Å². The number of nitrogens with zero attached hydrogens (tertiary/aromatic N) is 1. The standard InChI is InChI=1S/C40H31NO2/c1-26(42)38(27(2)43-3)34-22-16-30-18-24-36-37(25-19-31-17-23-35(34)39(30)40(31)36)41(32-12-8-5-9-13-32)33-20-14-29(15-21-33)28-10-6-4-7-11-28/h4-25H,1-3H3/b38-27+. The Morgan fingerprint density at radius 2 is 1.09 bits per heavy atom. The lowest BCUT2D eigenvalue weighted by molar-refractivity contribution is -0.111. The molecule has 3 heteroatoms. The molecule has 0 saturated carbocycles. The molecule has 0 aliphatic carbocycles. The third kappa shape index (κ3) is 4.50. The number of ether oxygens (including phenoxy) is 1. The fourth-order valence-corrected chi connectivity index (χ4v) is 6.37. The summed E-state index contributed by atoms with van der Waals surface area (Å²) in [5, 5.41) is 6.86. The lowest BCUT2D eigenvalue weighted by Gasteiger charge is -2.28. The lowest BCUT2D eigenvalue weighted by atomic mass is 9.88. The van der Waals surface area contributed by atoms with E-state index >= 15 is 0 Å². The molecule has 0 amide bonds. The van der Waals surface area contributed by atoms with Gasteiger partial charge in [-0.1, -0.05) is 103 Å². The number of ketones is 1. The minimum atomic E-state index is -0.00993. The molecule has 0 saturated heterocycles. The summed E-state index contributed by atoms with van der Waals surface area (Å²) in [7, 11) is 1.62. The molecule has 0 spiro atoms. The largest absolute Gasteiger partial charge is 0.501 e. The van der Waals surface area contributed by atoms with E-state index in [4.69, 9.17) is 4.74 Å². The van der Waals surface area contributed by atoms with Crippen LogP contribution in [0, 0.1) is 0 Å².